The summed E-state index contributed by atoms with van der Waals surface area (Å²) in [6, 6.07) is 0.553. The summed E-state index contributed by atoms with van der Waals surface area (Å²) in [5.74, 6) is 0.141. The first-order valence-electron chi connectivity index (χ1n) is 5.86. The molecule has 1 fully saturated rings. The average molecular weight is 250 g/mol. The Hall–Kier alpha value is -0.170. The summed E-state index contributed by atoms with van der Waals surface area (Å²) in [7, 11) is -3.16. The molecule has 2 N–H and O–H groups in total. The molecule has 6 heteroatoms. The van der Waals surface area contributed by atoms with Gasteiger partial charge in [0.1, 0.15) is 0 Å². The van der Waals surface area contributed by atoms with E-state index < -0.39 is 10.0 Å². The van der Waals surface area contributed by atoms with Crippen LogP contribution in [0.25, 0.3) is 0 Å². The van der Waals surface area contributed by atoms with Crippen LogP contribution in [0.2, 0.25) is 0 Å². The molecular weight excluding hydrogens is 228 g/mol. The minimum Gasteiger partial charge on any atom is -0.377 e. The maximum Gasteiger partial charge on any atom is 0.212 e. The quantitative estimate of drug-likeness (QED) is 0.608. The topological polar surface area (TPSA) is 67.4 Å². The first-order valence-corrected chi connectivity index (χ1v) is 7.51. The molecule has 16 heavy (non-hydrogen) atoms. The van der Waals surface area contributed by atoms with Gasteiger partial charge in [0.05, 0.1) is 11.9 Å². The fraction of sp³-hybridized carbons (Fsp3) is 1.00. The van der Waals surface area contributed by atoms with E-state index in [2.05, 4.69) is 10.0 Å². The van der Waals surface area contributed by atoms with Gasteiger partial charge in [-0.2, -0.15) is 0 Å². The Morgan fingerprint density at radius 3 is 2.69 bits per heavy atom. The first-order chi connectivity index (χ1) is 7.53. The first kappa shape index (κ1) is 13.9. The second-order valence-corrected chi connectivity index (χ2v) is 6.09. The number of ether oxygens (including phenoxy) is 1. The lowest BCUT2D eigenvalue weighted by Crippen LogP contribution is -2.36. The molecule has 0 aromatic carbocycles. The van der Waals surface area contributed by atoms with E-state index in [1.807, 2.05) is 13.8 Å². The molecule has 0 spiro atoms. The minimum absolute atomic E-state index is 0.0730. The highest BCUT2D eigenvalue weighted by molar-refractivity contribution is 7.89. The van der Waals surface area contributed by atoms with Gasteiger partial charge >= 0.3 is 0 Å². The van der Waals surface area contributed by atoms with Crippen LogP contribution in [0.15, 0.2) is 0 Å². The largest absolute Gasteiger partial charge is 0.377 e. The Kier molecular flexibility index (Phi) is 5.68. The van der Waals surface area contributed by atoms with Crippen molar-refractivity contribution in [1.82, 2.24) is 10.0 Å². The number of hydrogen-bond acceptors (Lipinski definition) is 4. The Balaban J connectivity index is 2.11. The highest BCUT2D eigenvalue weighted by Crippen LogP contribution is 2.17. The van der Waals surface area contributed by atoms with E-state index in [0.29, 0.717) is 25.7 Å². The van der Waals surface area contributed by atoms with E-state index in [-0.39, 0.29) is 11.9 Å². The SMILES string of the molecule is CCOC(C)CNS(=O)(=O)CCNC1CC1. The molecule has 0 heterocycles. The van der Waals surface area contributed by atoms with Crippen molar-refractivity contribution in [3.05, 3.63) is 0 Å². The third-order valence-corrected chi connectivity index (χ3v) is 3.77. The zero-order chi connectivity index (χ0) is 12.0. The molecule has 0 saturated heterocycles. The molecule has 0 aliphatic heterocycles. The summed E-state index contributed by atoms with van der Waals surface area (Å²) in [6.07, 6.45) is 2.28. The maximum absolute atomic E-state index is 11.5. The van der Waals surface area contributed by atoms with E-state index in [4.69, 9.17) is 4.74 Å². The highest BCUT2D eigenvalue weighted by atomic mass is 32.2. The molecule has 1 rings (SSSR count). The lowest BCUT2D eigenvalue weighted by Gasteiger charge is -2.13. The van der Waals surface area contributed by atoms with Crippen LogP contribution in [0.1, 0.15) is 26.7 Å². The molecule has 0 radical (unpaired) electrons. The molecule has 96 valence electrons. The summed E-state index contributed by atoms with van der Waals surface area (Å²) < 4.78 is 30.9. The van der Waals surface area contributed by atoms with Crippen LogP contribution >= 0.6 is 0 Å². The summed E-state index contributed by atoms with van der Waals surface area (Å²) in [5.41, 5.74) is 0. The van der Waals surface area contributed by atoms with E-state index in [1.54, 1.807) is 0 Å². The van der Waals surface area contributed by atoms with Crippen molar-refractivity contribution in [1.29, 1.82) is 0 Å². The van der Waals surface area contributed by atoms with E-state index in [0.717, 1.165) is 0 Å². The summed E-state index contributed by atoms with van der Waals surface area (Å²) in [5, 5.41) is 3.18. The van der Waals surface area contributed by atoms with E-state index in [1.165, 1.54) is 12.8 Å². The molecule has 0 bridgehead atoms. The van der Waals surface area contributed by atoms with Gasteiger partial charge in [-0.05, 0) is 26.7 Å². The number of hydrogen-bond donors (Lipinski definition) is 2. The summed E-state index contributed by atoms with van der Waals surface area (Å²) >= 11 is 0. The van der Waals surface area contributed by atoms with Gasteiger partial charge in [0.25, 0.3) is 0 Å². The Labute approximate surface area is 98.0 Å². The van der Waals surface area contributed by atoms with Crippen LogP contribution in [0.3, 0.4) is 0 Å². The fourth-order valence-electron chi connectivity index (χ4n) is 1.34. The standard InChI is InChI=1S/C10H22N2O3S/c1-3-15-9(2)8-12-16(13,14)7-6-11-10-4-5-10/h9-12H,3-8H2,1-2H3. The molecule has 0 aromatic rings. The van der Waals surface area contributed by atoms with Gasteiger partial charge in [0, 0.05) is 25.7 Å². The fourth-order valence-corrected chi connectivity index (χ4v) is 2.36. The van der Waals surface area contributed by atoms with Crippen LogP contribution in [0.5, 0.6) is 0 Å². The van der Waals surface area contributed by atoms with Crippen molar-refractivity contribution in [3.8, 4) is 0 Å². The van der Waals surface area contributed by atoms with Crippen molar-refractivity contribution in [2.45, 2.75) is 38.8 Å². The predicted molar refractivity (Wildman–Crippen MR) is 63.9 cm³/mol. The predicted octanol–water partition coefficient (Wildman–Crippen LogP) is 0.0828. The molecule has 1 aliphatic carbocycles. The number of nitrogens with one attached hydrogen (secondary N) is 2. The van der Waals surface area contributed by atoms with Crippen LogP contribution in [0, 0.1) is 0 Å². The van der Waals surface area contributed by atoms with Gasteiger partial charge in [-0.1, -0.05) is 0 Å². The van der Waals surface area contributed by atoms with Gasteiger partial charge in [-0.25, -0.2) is 13.1 Å². The van der Waals surface area contributed by atoms with Gasteiger partial charge in [0.2, 0.25) is 10.0 Å². The molecule has 0 amide bonds. The van der Waals surface area contributed by atoms with Crippen molar-refractivity contribution in [2.24, 2.45) is 0 Å². The molecule has 1 unspecified atom stereocenters. The van der Waals surface area contributed by atoms with Crippen LogP contribution < -0.4 is 10.0 Å². The zero-order valence-corrected chi connectivity index (χ0v) is 10.8. The summed E-state index contributed by atoms with van der Waals surface area (Å²) in [6.45, 7) is 5.23. The average Bonchev–Trinajstić information content (AvgIpc) is 2.99. The number of sulfonamides is 1. The Morgan fingerprint density at radius 1 is 1.44 bits per heavy atom. The Morgan fingerprint density at radius 2 is 2.12 bits per heavy atom. The highest BCUT2D eigenvalue weighted by Gasteiger charge is 2.21. The summed E-state index contributed by atoms with van der Waals surface area (Å²) in [4.78, 5) is 0. The van der Waals surface area contributed by atoms with Gasteiger partial charge < -0.3 is 10.1 Å². The Bertz CT molecular complexity index is 288. The molecular formula is C10H22N2O3S. The van der Waals surface area contributed by atoms with E-state index >= 15 is 0 Å². The molecule has 5 nitrogen and oxygen atoms in total. The normalized spacial score (nSPS) is 18.6. The van der Waals surface area contributed by atoms with Crippen LogP contribution in [-0.4, -0.2) is 46.0 Å². The third kappa shape index (κ3) is 6.42. The molecule has 1 atom stereocenters. The van der Waals surface area contributed by atoms with E-state index in [9.17, 15) is 8.42 Å². The number of rotatable bonds is 9. The zero-order valence-electron chi connectivity index (χ0n) is 10.0. The molecule has 0 aromatic heterocycles. The second kappa shape index (κ2) is 6.54. The minimum atomic E-state index is -3.16. The van der Waals surface area contributed by atoms with Crippen molar-refractivity contribution < 1.29 is 13.2 Å². The van der Waals surface area contributed by atoms with Gasteiger partial charge in [-0.3, -0.25) is 0 Å². The molecule has 1 saturated carbocycles. The van der Waals surface area contributed by atoms with Crippen molar-refractivity contribution in [2.75, 3.05) is 25.4 Å². The van der Waals surface area contributed by atoms with Crippen LogP contribution in [0.4, 0.5) is 0 Å². The van der Waals surface area contributed by atoms with Crippen LogP contribution in [-0.2, 0) is 14.8 Å². The molecule has 1 aliphatic rings. The van der Waals surface area contributed by atoms with Gasteiger partial charge in [0.15, 0.2) is 0 Å². The lowest BCUT2D eigenvalue weighted by atomic mass is 10.4. The van der Waals surface area contributed by atoms with Gasteiger partial charge in [-0.15, -0.1) is 0 Å². The van der Waals surface area contributed by atoms with Crippen molar-refractivity contribution in [3.63, 3.8) is 0 Å². The lowest BCUT2D eigenvalue weighted by molar-refractivity contribution is 0.0799. The second-order valence-electron chi connectivity index (χ2n) is 4.16. The monoisotopic (exact) mass is 250 g/mol. The van der Waals surface area contributed by atoms with Crippen molar-refractivity contribution >= 4 is 10.0 Å². The smallest absolute Gasteiger partial charge is 0.212 e. The maximum atomic E-state index is 11.5. The third-order valence-electron chi connectivity index (χ3n) is 2.42.